The molecule has 7 nitrogen and oxygen atoms in total. The number of carbonyl (C=O) groups excluding carboxylic acids is 1. The molecule has 0 aliphatic carbocycles. The number of halogens is 1. The maximum Gasteiger partial charge on any atom is 0.267 e. The van der Waals surface area contributed by atoms with Gasteiger partial charge in [0, 0.05) is 19.3 Å². The first-order valence-corrected chi connectivity index (χ1v) is 12.8. The number of anilines is 1. The predicted octanol–water partition coefficient (Wildman–Crippen LogP) is 4.77. The Labute approximate surface area is 218 Å². The quantitative estimate of drug-likeness (QED) is 0.245. The van der Waals surface area contributed by atoms with Gasteiger partial charge in [-0.3, -0.25) is 18.9 Å². The van der Waals surface area contributed by atoms with Crippen molar-refractivity contribution >= 4 is 51.7 Å². The van der Waals surface area contributed by atoms with Gasteiger partial charge in [-0.25, -0.2) is 9.37 Å². The minimum atomic E-state index is -0.348. The minimum Gasteiger partial charge on any atom is -0.379 e. The van der Waals surface area contributed by atoms with Gasteiger partial charge in [0.25, 0.3) is 11.5 Å². The Balaban J connectivity index is 1.65. The standard InChI is InChI=1S/C26H27FN4O3S2/c1-16(2)34-12-4-11-28-23-20(24(32)30-14-17(3)5-10-22(30)29-23)13-21-25(33)31(26(35)36-21)15-18-6-8-19(27)9-7-18/h5-10,13-14,16,28H,4,11-12,15H2,1-3H3. The van der Waals surface area contributed by atoms with E-state index in [4.69, 9.17) is 17.0 Å². The molecule has 0 radical (unpaired) electrons. The molecular weight excluding hydrogens is 499 g/mol. The summed E-state index contributed by atoms with van der Waals surface area (Å²) < 4.78 is 20.7. The Bertz CT molecular complexity index is 1390. The van der Waals surface area contributed by atoms with Gasteiger partial charge in [-0.2, -0.15) is 0 Å². The van der Waals surface area contributed by atoms with Gasteiger partial charge in [0.05, 0.1) is 23.1 Å². The second-order valence-corrected chi connectivity index (χ2v) is 10.4. The van der Waals surface area contributed by atoms with E-state index in [1.807, 2.05) is 26.8 Å². The van der Waals surface area contributed by atoms with Gasteiger partial charge < -0.3 is 10.1 Å². The average Bonchev–Trinajstić information content (AvgIpc) is 3.10. The number of ether oxygens (including phenoxy) is 1. The zero-order valence-corrected chi connectivity index (χ0v) is 21.9. The zero-order valence-electron chi connectivity index (χ0n) is 20.3. The molecule has 188 valence electrons. The van der Waals surface area contributed by atoms with E-state index in [2.05, 4.69) is 10.3 Å². The van der Waals surface area contributed by atoms with Crippen molar-refractivity contribution in [2.24, 2.45) is 0 Å². The number of hydrogen-bond donors (Lipinski definition) is 1. The van der Waals surface area contributed by atoms with Crippen LogP contribution < -0.4 is 10.9 Å². The van der Waals surface area contributed by atoms with Crippen molar-refractivity contribution in [1.29, 1.82) is 0 Å². The molecule has 0 atom stereocenters. The molecule has 3 aromatic rings. The second kappa shape index (κ2) is 11.3. The summed E-state index contributed by atoms with van der Waals surface area (Å²) in [6.45, 7) is 7.20. The first kappa shape index (κ1) is 26.0. The molecule has 1 N–H and O–H groups in total. The van der Waals surface area contributed by atoms with Crippen LogP contribution in [0.4, 0.5) is 10.2 Å². The lowest BCUT2D eigenvalue weighted by atomic mass is 10.2. The zero-order chi connectivity index (χ0) is 25.8. The number of fused-ring (bicyclic) bond motifs is 1. The first-order valence-electron chi connectivity index (χ1n) is 11.6. The number of amides is 1. The number of aromatic nitrogens is 2. The molecule has 1 aliphatic rings. The molecule has 1 amide bonds. The summed E-state index contributed by atoms with van der Waals surface area (Å²) in [7, 11) is 0. The highest BCUT2D eigenvalue weighted by atomic mass is 32.2. The van der Waals surface area contributed by atoms with Crippen LogP contribution in [-0.4, -0.2) is 43.8 Å². The van der Waals surface area contributed by atoms with Crippen molar-refractivity contribution in [2.45, 2.75) is 39.8 Å². The van der Waals surface area contributed by atoms with Gasteiger partial charge in [0.15, 0.2) is 0 Å². The SMILES string of the molecule is Cc1ccc2nc(NCCCOC(C)C)c(C=C3SC(=S)N(Cc4ccc(F)cc4)C3=O)c(=O)n2c1. The normalized spacial score (nSPS) is 15.0. The van der Waals surface area contributed by atoms with E-state index in [0.717, 1.165) is 29.3 Å². The topological polar surface area (TPSA) is 75.9 Å². The van der Waals surface area contributed by atoms with Crippen LogP contribution in [-0.2, 0) is 16.1 Å². The van der Waals surface area contributed by atoms with Crippen molar-refractivity contribution in [3.8, 4) is 0 Å². The number of thioether (sulfide) groups is 1. The molecule has 0 spiro atoms. The second-order valence-electron chi connectivity index (χ2n) is 8.71. The summed E-state index contributed by atoms with van der Waals surface area (Å²) in [5, 5.41) is 3.24. The summed E-state index contributed by atoms with van der Waals surface area (Å²) in [4.78, 5) is 33.1. The molecule has 1 saturated heterocycles. The third kappa shape index (κ3) is 6.00. The number of nitrogens with zero attached hydrogens (tertiary/aromatic N) is 3. The van der Waals surface area contributed by atoms with Gasteiger partial charge in [-0.05, 0) is 62.6 Å². The summed E-state index contributed by atoms with van der Waals surface area (Å²) in [5.74, 6) is -0.254. The number of rotatable bonds is 9. The number of aryl methyl sites for hydroxylation is 1. The minimum absolute atomic E-state index is 0.143. The highest BCUT2D eigenvalue weighted by molar-refractivity contribution is 8.26. The van der Waals surface area contributed by atoms with E-state index in [1.165, 1.54) is 21.4 Å². The van der Waals surface area contributed by atoms with Crippen LogP contribution in [0.3, 0.4) is 0 Å². The molecule has 36 heavy (non-hydrogen) atoms. The number of benzene rings is 1. The Hall–Kier alpha value is -3.08. The lowest BCUT2D eigenvalue weighted by Crippen LogP contribution is -2.27. The van der Waals surface area contributed by atoms with Crippen molar-refractivity contribution in [1.82, 2.24) is 14.3 Å². The summed E-state index contributed by atoms with van der Waals surface area (Å²) in [6, 6.07) is 9.60. The third-order valence-corrected chi connectivity index (χ3v) is 6.85. The van der Waals surface area contributed by atoms with Gasteiger partial charge in [0.2, 0.25) is 0 Å². The fourth-order valence-corrected chi connectivity index (χ4v) is 4.90. The molecule has 2 aromatic heterocycles. The Morgan fingerprint density at radius 1 is 1.19 bits per heavy atom. The molecule has 0 unspecified atom stereocenters. The number of nitrogens with one attached hydrogen (secondary N) is 1. The number of thiocarbonyl (C=S) groups is 1. The first-order chi connectivity index (χ1) is 17.2. The van der Waals surface area contributed by atoms with E-state index in [9.17, 15) is 14.0 Å². The summed E-state index contributed by atoms with van der Waals surface area (Å²) in [6.07, 6.45) is 4.15. The molecule has 3 heterocycles. The third-order valence-electron chi connectivity index (χ3n) is 5.47. The van der Waals surface area contributed by atoms with Gasteiger partial charge >= 0.3 is 0 Å². The molecule has 0 bridgehead atoms. The maximum atomic E-state index is 13.5. The highest BCUT2D eigenvalue weighted by Crippen LogP contribution is 2.34. The lowest BCUT2D eigenvalue weighted by Gasteiger charge is -2.14. The Morgan fingerprint density at radius 2 is 1.94 bits per heavy atom. The van der Waals surface area contributed by atoms with Crippen LogP contribution in [0.1, 0.15) is 37.0 Å². The number of carbonyl (C=O) groups is 1. The largest absolute Gasteiger partial charge is 0.379 e. The smallest absolute Gasteiger partial charge is 0.267 e. The van der Waals surface area contributed by atoms with E-state index < -0.39 is 0 Å². The molecule has 1 aromatic carbocycles. The lowest BCUT2D eigenvalue weighted by molar-refractivity contribution is -0.122. The van der Waals surface area contributed by atoms with Gasteiger partial charge in [-0.15, -0.1) is 0 Å². The monoisotopic (exact) mass is 526 g/mol. The fourth-order valence-electron chi connectivity index (χ4n) is 3.66. The summed E-state index contributed by atoms with van der Waals surface area (Å²) >= 11 is 6.57. The molecule has 1 fully saturated rings. The molecule has 0 saturated carbocycles. The maximum absolute atomic E-state index is 13.5. The number of pyridine rings is 1. The van der Waals surface area contributed by atoms with Crippen molar-refractivity contribution in [3.05, 3.63) is 80.4 Å². The Morgan fingerprint density at radius 3 is 2.67 bits per heavy atom. The Kier molecular flexibility index (Phi) is 8.17. The van der Waals surface area contributed by atoms with E-state index in [-0.39, 0.29) is 35.5 Å². The van der Waals surface area contributed by atoms with Crippen molar-refractivity contribution < 1.29 is 13.9 Å². The molecule has 4 rings (SSSR count). The van der Waals surface area contributed by atoms with E-state index >= 15 is 0 Å². The summed E-state index contributed by atoms with van der Waals surface area (Å²) in [5.41, 5.74) is 2.17. The molecule has 10 heteroatoms. The average molecular weight is 527 g/mol. The van der Waals surface area contributed by atoms with Crippen LogP contribution in [0.15, 0.2) is 52.3 Å². The van der Waals surface area contributed by atoms with Crippen molar-refractivity contribution in [3.63, 3.8) is 0 Å². The molecular formula is C26H27FN4O3S2. The van der Waals surface area contributed by atoms with E-state index in [1.54, 1.807) is 30.5 Å². The van der Waals surface area contributed by atoms with Crippen LogP contribution >= 0.6 is 24.0 Å². The van der Waals surface area contributed by atoms with Gasteiger partial charge in [-0.1, -0.05) is 42.2 Å². The van der Waals surface area contributed by atoms with Gasteiger partial charge in [0.1, 0.15) is 21.6 Å². The fraction of sp³-hybridized carbons (Fsp3) is 0.308. The number of hydrogen-bond acceptors (Lipinski definition) is 7. The van der Waals surface area contributed by atoms with Crippen LogP contribution in [0.2, 0.25) is 0 Å². The highest BCUT2D eigenvalue weighted by Gasteiger charge is 2.32. The van der Waals surface area contributed by atoms with E-state index in [0.29, 0.717) is 33.8 Å². The van der Waals surface area contributed by atoms with Crippen molar-refractivity contribution in [2.75, 3.05) is 18.5 Å². The van der Waals surface area contributed by atoms with Crippen LogP contribution in [0.5, 0.6) is 0 Å². The van der Waals surface area contributed by atoms with Crippen LogP contribution in [0.25, 0.3) is 11.7 Å². The van der Waals surface area contributed by atoms with Crippen LogP contribution in [0, 0.1) is 12.7 Å². The molecule has 1 aliphatic heterocycles. The predicted molar refractivity (Wildman–Crippen MR) is 146 cm³/mol.